The largest absolute Gasteiger partial charge is 0.507 e. The maximum atomic E-state index is 13.4. The van der Waals surface area contributed by atoms with Crippen molar-refractivity contribution < 1.29 is 23.8 Å². The molecule has 2 saturated heterocycles. The van der Waals surface area contributed by atoms with Gasteiger partial charge in [-0.05, 0) is 107 Å². The van der Waals surface area contributed by atoms with Gasteiger partial charge >= 0.3 is 0 Å². The van der Waals surface area contributed by atoms with E-state index in [9.17, 15) is 14.7 Å². The van der Waals surface area contributed by atoms with Crippen molar-refractivity contribution in [1.29, 1.82) is 0 Å². The average Bonchev–Trinajstić information content (AvgIpc) is 3.45. The standard InChI is InChI=1S/C31H34N2O5/c1-19(2)37-25-15-9-22(18-20(25)3)29(34)27-28(26-14-8-21(4)38-26)33(31(36)30(27)35)24-12-10-23(11-13-24)32-16-6-5-7-17-32/h8-15,18-19,28,34H,5-7,16-17H2,1-4H3/b29-27-. The van der Waals surface area contributed by atoms with Crippen LogP contribution in [0.1, 0.15) is 61.8 Å². The van der Waals surface area contributed by atoms with Crippen molar-refractivity contribution in [2.45, 2.75) is 59.1 Å². The molecule has 3 aromatic rings. The minimum atomic E-state index is -0.892. The van der Waals surface area contributed by atoms with Gasteiger partial charge in [-0.3, -0.25) is 14.5 Å². The molecule has 0 spiro atoms. The van der Waals surface area contributed by atoms with Crippen molar-refractivity contribution in [2.75, 3.05) is 22.9 Å². The van der Waals surface area contributed by atoms with Crippen LogP contribution in [0.4, 0.5) is 11.4 Å². The number of benzene rings is 2. The van der Waals surface area contributed by atoms with Crippen LogP contribution in [0, 0.1) is 13.8 Å². The summed E-state index contributed by atoms with van der Waals surface area (Å²) in [6, 6.07) is 15.6. The second-order valence-electron chi connectivity index (χ2n) is 10.3. The number of nitrogens with zero attached hydrogens (tertiary/aromatic N) is 2. The molecule has 2 aliphatic rings. The number of rotatable bonds is 6. The first-order valence-corrected chi connectivity index (χ1v) is 13.2. The van der Waals surface area contributed by atoms with Crippen LogP contribution in [-0.4, -0.2) is 36.0 Å². The van der Waals surface area contributed by atoms with Gasteiger partial charge in [0.05, 0.1) is 11.7 Å². The van der Waals surface area contributed by atoms with Gasteiger partial charge in [0.15, 0.2) is 0 Å². The van der Waals surface area contributed by atoms with E-state index >= 15 is 0 Å². The van der Waals surface area contributed by atoms with E-state index in [1.54, 1.807) is 37.3 Å². The van der Waals surface area contributed by atoms with Gasteiger partial charge in [0.2, 0.25) is 0 Å². The SMILES string of the molecule is Cc1ccc(C2/C(=C(/O)c3ccc(OC(C)C)c(C)c3)C(=O)C(=O)N2c2ccc(N3CCCCC3)cc2)o1. The highest BCUT2D eigenvalue weighted by molar-refractivity contribution is 6.51. The highest BCUT2D eigenvalue weighted by Crippen LogP contribution is 2.43. The zero-order valence-corrected chi connectivity index (χ0v) is 22.4. The third-order valence-corrected chi connectivity index (χ3v) is 7.14. The Morgan fingerprint density at radius 1 is 0.947 bits per heavy atom. The van der Waals surface area contributed by atoms with E-state index in [0.29, 0.717) is 28.5 Å². The number of hydrogen-bond donors (Lipinski definition) is 1. The lowest BCUT2D eigenvalue weighted by atomic mass is 9.98. The molecule has 7 nitrogen and oxygen atoms in total. The number of ketones is 1. The molecular weight excluding hydrogens is 480 g/mol. The summed E-state index contributed by atoms with van der Waals surface area (Å²) in [5.41, 5.74) is 2.92. The third-order valence-electron chi connectivity index (χ3n) is 7.14. The number of Topliss-reactive ketones (excluding diaryl/α,β-unsaturated/α-hetero) is 1. The van der Waals surface area contributed by atoms with E-state index in [1.165, 1.54) is 11.3 Å². The molecular formula is C31H34N2O5. The summed E-state index contributed by atoms with van der Waals surface area (Å²) < 4.78 is 11.7. The number of aliphatic hydroxyl groups is 1. The zero-order chi connectivity index (χ0) is 27.0. The summed E-state index contributed by atoms with van der Waals surface area (Å²) in [4.78, 5) is 30.6. The highest BCUT2D eigenvalue weighted by atomic mass is 16.5. The maximum Gasteiger partial charge on any atom is 0.300 e. The topological polar surface area (TPSA) is 83.2 Å². The van der Waals surface area contributed by atoms with Crippen LogP contribution in [0.2, 0.25) is 0 Å². The number of amides is 1. The van der Waals surface area contributed by atoms with E-state index < -0.39 is 17.7 Å². The number of carbonyl (C=O) groups excluding carboxylic acids is 2. The summed E-state index contributed by atoms with van der Waals surface area (Å²) in [6.45, 7) is 9.59. The summed E-state index contributed by atoms with van der Waals surface area (Å²) in [5.74, 6) is 0.0737. The number of aryl methyl sites for hydroxylation is 2. The van der Waals surface area contributed by atoms with Gasteiger partial charge in [0.1, 0.15) is 29.1 Å². The van der Waals surface area contributed by atoms with Gasteiger partial charge in [0, 0.05) is 30.0 Å². The molecule has 38 heavy (non-hydrogen) atoms. The van der Waals surface area contributed by atoms with Crippen LogP contribution in [0.25, 0.3) is 5.76 Å². The summed E-state index contributed by atoms with van der Waals surface area (Å²) in [6.07, 6.45) is 3.58. The first-order chi connectivity index (χ1) is 18.2. The minimum Gasteiger partial charge on any atom is -0.507 e. The number of ether oxygens (including phenoxy) is 1. The molecule has 3 heterocycles. The van der Waals surface area contributed by atoms with Crippen molar-refractivity contribution in [3.05, 3.63) is 82.8 Å². The van der Waals surface area contributed by atoms with E-state index in [4.69, 9.17) is 9.15 Å². The molecule has 1 unspecified atom stereocenters. The minimum absolute atomic E-state index is 0.00128. The predicted octanol–water partition coefficient (Wildman–Crippen LogP) is 6.30. The molecule has 0 bridgehead atoms. The molecule has 198 valence electrons. The Kier molecular flexibility index (Phi) is 7.02. The second-order valence-corrected chi connectivity index (χ2v) is 10.3. The summed E-state index contributed by atoms with van der Waals surface area (Å²) in [5, 5.41) is 11.4. The Morgan fingerprint density at radius 3 is 2.24 bits per heavy atom. The Bertz CT molecular complexity index is 1380. The molecule has 1 amide bonds. The van der Waals surface area contributed by atoms with Crippen molar-refractivity contribution in [2.24, 2.45) is 0 Å². The van der Waals surface area contributed by atoms with Crippen LogP contribution in [0.5, 0.6) is 5.75 Å². The Labute approximate surface area is 223 Å². The molecule has 5 rings (SSSR count). The van der Waals surface area contributed by atoms with Crippen molar-refractivity contribution >= 4 is 28.8 Å². The fraction of sp³-hybridized carbons (Fsp3) is 0.355. The Balaban J connectivity index is 1.57. The Morgan fingerprint density at radius 2 is 1.63 bits per heavy atom. The monoisotopic (exact) mass is 514 g/mol. The summed E-state index contributed by atoms with van der Waals surface area (Å²) in [7, 11) is 0. The smallest absolute Gasteiger partial charge is 0.300 e. The van der Waals surface area contributed by atoms with Gasteiger partial charge in [-0.15, -0.1) is 0 Å². The third kappa shape index (κ3) is 4.80. The number of furan rings is 1. The number of hydrogen-bond acceptors (Lipinski definition) is 6. The fourth-order valence-corrected chi connectivity index (χ4v) is 5.28. The van der Waals surface area contributed by atoms with Gasteiger partial charge in [-0.1, -0.05) is 0 Å². The molecule has 1 N–H and O–H groups in total. The molecule has 1 aromatic heterocycles. The molecule has 2 fully saturated rings. The van der Waals surface area contributed by atoms with E-state index in [1.807, 2.05) is 45.0 Å². The lowest BCUT2D eigenvalue weighted by molar-refractivity contribution is -0.132. The van der Waals surface area contributed by atoms with Crippen molar-refractivity contribution in [3.8, 4) is 5.75 Å². The molecule has 2 aliphatic heterocycles. The highest BCUT2D eigenvalue weighted by Gasteiger charge is 2.48. The first-order valence-electron chi connectivity index (χ1n) is 13.2. The van der Waals surface area contributed by atoms with Gasteiger partial charge in [0.25, 0.3) is 11.7 Å². The van der Waals surface area contributed by atoms with Crippen LogP contribution in [0.15, 0.2) is 64.6 Å². The number of piperidine rings is 1. The molecule has 2 aromatic carbocycles. The average molecular weight is 515 g/mol. The summed E-state index contributed by atoms with van der Waals surface area (Å²) >= 11 is 0. The molecule has 7 heteroatoms. The van der Waals surface area contributed by atoms with Crippen LogP contribution in [0.3, 0.4) is 0 Å². The first kappa shape index (κ1) is 25.6. The van der Waals surface area contributed by atoms with Crippen LogP contribution >= 0.6 is 0 Å². The number of aliphatic hydroxyl groups excluding tert-OH is 1. The van der Waals surface area contributed by atoms with Crippen LogP contribution in [-0.2, 0) is 9.59 Å². The normalized spacial score (nSPS) is 19.4. The second kappa shape index (κ2) is 10.4. The van der Waals surface area contributed by atoms with Crippen molar-refractivity contribution in [1.82, 2.24) is 0 Å². The van der Waals surface area contributed by atoms with E-state index in [0.717, 1.165) is 37.2 Å². The van der Waals surface area contributed by atoms with Crippen LogP contribution < -0.4 is 14.5 Å². The van der Waals surface area contributed by atoms with Gasteiger partial charge in [-0.2, -0.15) is 0 Å². The van der Waals surface area contributed by atoms with Gasteiger partial charge < -0.3 is 19.2 Å². The molecule has 0 radical (unpaired) electrons. The predicted molar refractivity (Wildman–Crippen MR) is 148 cm³/mol. The number of carbonyl (C=O) groups is 2. The molecule has 0 aliphatic carbocycles. The van der Waals surface area contributed by atoms with Gasteiger partial charge in [-0.25, -0.2) is 0 Å². The zero-order valence-electron chi connectivity index (χ0n) is 22.4. The lowest BCUT2D eigenvalue weighted by Crippen LogP contribution is -2.30. The maximum absolute atomic E-state index is 13.4. The Hall–Kier alpha value is -4.00. The van der Waals surface area contributed by atoms with E-state index in [2.05, 4.69) is 4.90 Å². The molecule has 1 atom stereocenters. The van der Waals surface area contributed by atoms with E-state index in [-0.39, 0.29) is 17.4 Å². The van der Waals surface area contributed by atoms with Crippen molar-refractivity contribution in [3.63, 3.8) is 0 Å². The quantitative estimate of drug-likeness (QED) is 0.236. The lowest BCUT2D eigenvalue weighted by Gasteiger charge is -2.29. The number of anilines is 2. The molecule has 0 saturated carbocycles. The fourth-order valence-electron chi connectivity index (χ4n) is 5.28.